The van der Waals surface area contributed by atoms with Gasteiger partial charge in [0.05, 0.1) is 5.56 Å². The Labute approximate surface area is 120 Å². The fraction of sp³-hybridized carbons (Fsp3) is 0.500. The second-order valence-electron chi connectivity index (χ2n) is 4.93. The molecule has 0 saturated carbocycles. The van der Waals surface area contributed by atoms with Crippen molar-refractivity contribution in [3.8, 4) is 0 Å². The van der Waals surface area contributed by atoms with Gasteiger partial charge in [0, 0.05) is 30.8 Å². The number of halogens is 3. The average molecular weight is 302 g/mol. The number of carbonyl (C=O) groups excluding carboxylic acids is 1. The van der Waals surface area contributed by atoms with Crippen molar-refractivity contribution in [2.45, 2.75) is 38.1 Å². The van der Waals surface area contributed by atoms with Crippen LogP contribution < -0.4 is 10.6 Å². The van der Waals surface area contributed by atoms with Crippen molar-refractivity contribution >= 4 is 11.8 Å². The topological polar surface area (TPSA) is 50.4 Å². The second kappa shape index (κ2) is 5.83. The van der Waals surface area contributed by atoms with Crippen LogP contribution in [0.1, 0.15) is 37.0 Å². The van der Waals surface area contributed by atoms with Gasteiger partial charge in [0.15, 0.2) is 0 Å². The number of amides is 1. The maximum absolute atomic E-state index is 12.8. The van der Waals surface area contributed by atoms with E-state index in [1.54, 1.807) is 0 Å². The predicted octanol–water partition coefficient (Wildman–Crippen LogP) is 3.70. The zero-order valence-corrected chi connectivity index (χ0v) is 11.8. The number of ether oxygens (including phenoxy) is 1. The number of nitrogens with one attached hydrogen (secondary N) is 2. The summed E-state index contributed by atoms with van der Waals surface area (Å²) < 4.78 is 43.7. The molecule has 0 saturated heterocycles. The van der Waals surface area contributed by atoms with E-state index in [4.69, 9.17) is 4.74 Å². The van der Waals surface area contributed by atoms with Crippen LogP contribution in [0.3, 0.4) is 0 Å². The third-order valence-electron chi connectivity index (χ3n) is 3.53. The summed E-state index contributed by atoms with van der Waals surface area (Å²) in [7, 11) is 1.41. The first-order chi connectivity index (χ1) is 9.85. The molecule has 0 radical (unpaired) electrons. The number of rotatable bonds is 2. The predicted molar refractivity (Wildman–Crippen MR) is 72.0 cm³/mol. The molecule has 7 heteroatoms. The van der Waals surface area contributed by atoms with Crippen molar-refractivity contribution in [3.05, 3.63) is 29.3 Å². The van der Waals surface area contributed by atoms with Crippen LogP contribution in [0, 0.1) is 0 Å². The van der Waals surface area contributed by atoms with Crippen LogP contribution >= 0.6 is 0 Å². The summed E-state index contributed by atoms with van der Waals surface area (Å²) in [5.74, 6) is 0. The third-order valence-corrected chi connectivity index (χ3v) is 3.53. The molecule has 1 aliphatic rings. The number of alkyl halides is 3. The fourth-order valence-corrected chi connectivity index (χ4v) is 2.37. The van der Waals surface area contributed by atoms with Crippen LogP contribution in [0.2, 0.25) is 0 Å². The van der Waals surface area contributed by atoms with Gasteiger partial charge in [-0.05, 0) is 24.6 Å². The van der Waals surface area contributed by atoms with Crippen LogP contribution in [-0.4, -0.2) is 19.2 Å². The maximum Gasteiger partial charge on any atom is 0.416 e. The van der Waals surface area contributed by atoms with E-state index in [1.165, 1.54) is 13.1 Å². The van der Waals surface area contributed by atoms with Gasteiger partial charge in [-0.25, -0.2) is 4.79 Å². The normalized spacial score (nSPS) is 21.2. The molecule has 2 rings (SSSR count). The molecule has 0 fully saturated rings. The Bertz CT molecular complexity index is 531. The first kappa shape index (κ1) is 15.5. The lowest BCUT2D eigenvalue weighted by Gasteiger charge is -2.32. The molecule has 0 aromatic heterocycles. The summed E-state index contributed by atoms with van der Waals surface area (Å²) in [6.45, 7) is 1.96. The van der Waals surface area contributed by atoms with Gasteiger partial charge in [0.25, 0.3) is 0 Å². The monoisotopic (exact) mass is 302 g/mol. The fourth-order valence-electron chi connectivity index (χ4n) is 2.37. The van der Waals surface area contributed by atoms with E-state index in [9.17, 15) is 18.0 Å². The van der Waals surface area contributed by atoms with E-state index in [0.717, 1.165) is 18.6 Å². The molecule has 0 unspecified atom stereocenters. The first-order valence-corrected chi connectivity index (χ1v) is 6.71. The quantitative estimate of drug-likeness (QED) is 0.876. The van der Waals surface area contributed by atoms with Gasteiger partial charge in [0.2, 0.25) is 0 Å². The molecule has 116 valence electrons. The minimum absolute atomic E-state index is 0.0592. The highest BCUT2D eigenvalue weighted by molar-refractivity contribution is 5.68. The Morgan fingerprint density at radius 3 is 2.76 bits per heavy atom. The van der Waals surface area contributed by atoms with E-state index < -0.39 is 23.9 Å². The van der Waals surface area contributed by atoms with Gasteiger partial charge >= 0.3 is 12.3 Å². The van der Waals surface area contributed by atoms with E-state index >= 15 is 0 Å². The van der Waals surface area contributed by atoms with Crippen LogP contribution in [0.15, 0.2) is 18.2 Å². The highest BCUT2D eigenvalue weighted by atomic mass is 19.4. The molecule has 0 aliphatic carbocycles. The van der Waals surface area contributed by atoms with Crippen molar-refractivity contribution in [1.29, 1.82) is 0 Å². The van der Waals surface area contributed by atoms with E-state index in [0.29, 0.717) is 17.7 Å². The lowest BCUT2D eigenvalue weighted by Crippen LogP contribution is -2.32. The first-order valence-electron chi connectivity index (χ1n) is 6.71. The van der Waals surface area contributed by atoms with Gasteiger partial charge in [-0.15, -0.1) is 0 Å². The number of benzene rings is 1. The van der Waals surface area contributed by atoms with Crippen molar-refractivity contribution in [2.75, 3.05) is 12.4 Å². The average Bonchev–Trinajstić information content (AvgIpc) is 2.45. The molecular formula is C14H17F3N2O2. The Kier molecular flexibility index (Phi) is 4.29. The zero-order valence-electron chi connectivity index (χ0n) is 11.8. The molecule has 1 aromatic rings. The molecule has 4 nitrogen and oxygen atoms in total. The summed E-state index contributed by atoms with van der Waals surface area (Å²) in [5.41, 5.74) is 0.191. The molecular weight excluding hydrogens is 285 g/mol. The zero-order chi connectivity index (χ0) is 15.6. The van der Waals surface area contributed by atoms with E-state index in [1.807, 2.05) is 6.92 Å². The van der Waals surface area contributed by atoms with Gasteiger partial charge in [0.1, 0.15) is 6.10 Å². The maximum atomic E-state index is 12.8. The molecule has 2 N–H and O–H groups in total. The Morgan fingerprint density at radius 1 is 1.48 bits per heavy atom. The number of hydrogen-bond donors (Lipinski definition) is 2. The summed E-state index contributed by atoms with van der Waals surface area (Å²) in [5, 5.41) is 5.48. The molecule has 1 aliphatic heterocycles. The summed E-state index contributed by atoms with van der Waals surface area (Å²) in [6.07, 6.45) is -4.53. The number of alkyl carbamates (subject to hydrolysis) is 1. The van der Waals surface area contributed by atoms with Gasteiger partial charge < -0.3 is 15.4 Å². The third kappa shape index (κ3) is 3.40. The van der Waals surface area contributed by atoms with Gasteiger partial charge in [-0.3, -0.25) is 0 Å². The minimum Gasteiger partial charge on any atom is -0.441 e. The molecule has 0 spiro atoms. The summed E-state index contributed by atoms with van der Waals surface area (Å²) in [6, 6.07) is 3.52. The van der Waals surface area contributed by atoms with Crippen molar-refractivity contribution in [1.82, 2.24) is 5.32 Å². The lowest BCUT2D eigenvalue weighted by atomic mass is 9.92. The number of anilines is 1. The van der Waals surface area contributed by atoms with Crippen molar-refractivity contribution in [2.24, 2.45) is 0 Å². The van der Waals surface area contributed by atoms with Gasteiger partial charge in [-0.1, -0.05) is 6.92 Å². The SMILES string of the molecule is CC[C@@H]1C[C@H](OC(=O)NC)c2cc(C(F)(F)F)ccc2N1. The Hall–Kier alpha value is -1.92. The molecule has 1 amide bonds. The molecule has 2 atom stereocenters. The molecule has 1 aromatic carbocycles. The van der Waals surface area contributed by atoms with Crippen molar-refractivity contribution < 1.29 is 22.7 Å². The lowest BCUT2D eigenvalue weighted by molar-refractivity contribution is -0.137. The highest BCUT2D eigenvalue weighted by Gasteiger charge is 2.34. The molecule has 21 heavy (non-hydrogen) atoms. The van der Waals surface area contributed by atoms with Gasteiger partial charge in [-0.2, -0.15) is 13.2 Å². The van der Waals surface area contributed by atoms with E-state index in [2.05, 4.69) is 10.6 Å². The molecule has 1 heterocycles. The number of carbonyl (C=O) groups is 1. The second-order valence-corrected chi connectivity index (χ2v) is 4.93. The van der Waals surface area contributed by atoms with Crippen molar-refractivity contribution in [3.63, 3.8) is 0 Å². The minimum atomic E-state index is -4.42. The van der Waals surface area contributed by atoms with E-state index in [-0.39, 0.29) is 6.04 Å². The largest absolute Gasteiger partial charge is 0.441 e. The summed E-state index contributed by atoms with van der Waals surface area (Å²) >= 11 is 0. The Balaban J connectivity index is 2.37. The Morgan fingerprint density at radius 2 is 2.19 bits per heavy atom. The standard InChI is InChI=1S/C14H17F3N2O2/c1-3-9-7-12(21-13(20)18-2)10-6-8(14(15,16)17)4-5-11(10)19-9/h4-6,9,12,19H,3,7H2,1-2H3,(H,18,20)/t9-,12+/m1/s1. The van der Waals surface area contributed by atoms with Crippen LogP contribution in [-0.2, 0) is 10.9 Å². The van der Waals surface area contributed by atoms with Crippen LogP contribution in [0.4, 0.5) is 23.7 Å². The summed E-state index contributed by atoms with van der Waals surface area (Å²) in [4.78, 5) is 11.4. The smallest absolute Gasteiger partial charge is 0.416 e. The number of hydrogen-bond acceptors (Lipinski definition) is 3. The van der Waals surface area contributed by atoms with Crippen LogP contribution in [0.25, 0.3) is 0 Å². The van der Waals surface area contributed by atoms with Crippen LogP contribution in [0.5, 0.6) is 0 Å². The number of fused-ring (bicyclic) bond motifs is 1. The molecule has 0 bridgehead atoms. The highest BCUT2D eigenvalue weighted by Crippen LogP contribution is 2.39.